The molecule has 0 unspecified atom stereocenters. The highest BCUT2D eigenvalue weighted by Crippen LogP contribution is 2.22. The van der Waals surface area contributed by atoms with Crippen molar-refractivity contribution in [3.63, 3.8) is 0 Å². The third-order valence-electron chi connectivity index (χ3n) is 4.05. The first-order valence-electron chi connectivity index (χ1n) is 7.29. The lowest BCUT2D eigenvalue weighted by atomic mass is 9.90. The zero-order chi connectivity index (χ0) is 13.7. The monoisotopic (exact) mass is 296 g/mol. The number of likely N-dealkylation sites (tertiary alicyclic amines) is 1. The Kier molecular flexibility index (Phi) is 7.03. The van der Waals surface area contributed by atoms with E-state index >= 15 is 0 Å². The summed E-state index contributed by atoms with van der Waals surface area (Å²) in [6.07, 6.45) is 4.04. The lowest BCUT2D eigenvalue weighted by molar-refractivity contribution is -0.134. The molecule has 112 valence electrons. The third kappa shape index (κ3) is 4.50. The number of rotatable bonds is 4. The van der Waals surface area contributed by atoms with E-state index < -0.39 is 0 Å². The van der Waals surface area contributed by atoms with E-state index in [1.165, 1.54) is 5.56 Å². The van der Waals surface area contributed by atoms with E-state index in [2.05, 4.69) is 30.3 Å². The Bertz CT molecular complexity index is 402. The lowest BCUT2D eigenvalue weighted by Crippen LogP contribution is -2.47. The number of benzene rings is 1. The molecule has 0 aliphatic carbocycles. The van der Waals surface area contributed by atoms with Crippen molar-refractivity contribution in [2.75, 3.05) is 13.1 Å². The van der Waals surface area contributed by atoms with E-state index in [4.69, 9.17) is 5.73 Å². The smallest absolute Gasteiger partial charge is 0.239 e. The third-order valence-corrected chi connectivity index (χ3v) is 4.05. The van der Waals surface area contributed by atoms with Crippen LogP contribution in [0.15, 0.2) is 30.3 Å². The summed E-state index contributed by atoms with van der Waals surface area (Å²) in [5, 5.41) is 0. The molecule has 1 aliphatic rings. The van der Waals surface area contributed by atoms with Gasteiger partial charge in [-0.25, -0.2) is 0 Å². The van der Waals surface area contributed by atoms with Crippen LogP contribution < -0.4 is 5.73 Å². The predicted molar refractivity (Wildman–Crippen MR) is 85.0 cm³/mol. The summed E-state index contributed by atoms with van der Waals surface area (Å²) in [6.45, 7) is 3.69. The van der Waals surface area contributed by atoms with Crippen LogP contribution in [0.25, 0.3) is 0 Å². The SMILES string of the molecule is CC[C@H](N)C(=O)N1CCC(Cc2ccccc2)CC1.Cl. The molecule has 0 saturated carbocycles. The maximum Gasteiger partial charge on any atom is 0.239 e. The number of amides is 1. The van der Waals surface area contributed by atoms with Crippen LogP contribution in [-0.4, -0.2) is 29.9 Å². The van der Waals surface area contributed by atoms with Crippen LogP contribution >= 0.6 is 12.4 Å². The maximum atomic E-state index is 12.0. The largest absolute Gasteiger partial charge is 0.341 e. The molecule has 0 aromatic heterocycles. The van der Waals surface area contributed by atoms with Crippen molar-refractivity contribution >= 4 is 18.3 Å². The molecule has 0 bridgehead atoms. The Morgan fingerprint density at radius 2 is 1.90 bits per heavy atom. The molecule has 1 heterocycles. The first kappa shape index (κ1) is 17.0. The fraction of sp³-hybridized carbons (Fsp3) is 0.562. The summed E-state index contributed by atoms with van der Waals surface area (Å²) < 4.78 is 0. The second-order valence-electron chi connectivity index (χ2n) is 5.47. The summed E-state index contributed by atoms with van der Waals surface area (Å²) in [4.78, 5) is 13.9. The normalized spacial score (nSPS) is 17.4. The predicted octanol–water partition coefficient (Wildman–Crippen LogP) is 2.63. The maximum absolute atomic E-state index is 12.0. The Morgan fingerprint density at radius 3 is 2.45 bits per heavy atom. The van der Waals surface area contributed by atoms with Crippen molar-refractivity contribution in [2.24, 2.45) is 11.7 Å². The molecule has 1 saturated heterocycles. The van der Waals surface area contributed by atoms with Gasteiger partial charge >= 0.3 is 0 Å². The van der Waals surface area contributed by atoms with Crippen molar-refractivity contribution in [1.29, 1.82) is 0 Å². The van der Waals surface area contributed by atoms with E-state index in [9.17, 15) is 4.79 Å². The number of carbonyl (C=O) groups excluding carboxylic acids is 1. The molecule has 2 rings (SSSR count). The Labute approximate surface area is 127 Å². The average molecular weight is 297 g/mol. The standard InChI is InChI=1S/C16H24N2O.ClH/c1-2-15(17)16(19)18-10-8-14(9-11-18)12-13-6-4-3-5-7-13;/h3-7,14-15H,2,8-12,17H2,1H3;1H/t15-;/m0./s1. The van der Waals surface area contributed by atoms with Gasteiger partial charge in [-0.1, -0.05) is 37.3 Å². The van der Waals surface area contributed by atoms with Crippen LogP contribution in [0, 0.1) is 5.92 Å². The summed E-state index contributed by atoms with van der Waals surface area (Å²) >= 11 is 0. The molecule has 0 spiro atoms. The molecule has 4 heteroatoms. The van der Waals surface area contributed by atoms with Gasteiger partial charge in [0.25, 0.3) is 0 Å². The first-order valence-corrected chi connectivity index (χ1v) is 7.29. The number of nitrogens with zero attached hydrogens (tertiary/aromatic N) is 1. The van der Waals surface area contributed by atoms with E-state index in [0.717, 1.165) is 38.8 Å². The summed E-state index contributed by atoms with van der Waals surface area (Å²) in [5.74, 6) is 0.824. The minimum atomic E-state index is -0.314. The molecule has 20 heavy (non-hydrogen) atoms. The Balaban J connectivity index is 0.00000200. The molecule has 0 radical (unpaired) electrons. The lowest BCUT2D eigenvalue weighted by Gasteiger charge is -2.33. The number of piperidine rings is 1. The van der Waals surface area contributed by atoms with Gasteiger partial charge in [-0.05, 0) is 37.2 Å². The zero-order valence-corrected chi connectivity index (χ0v) is 12.9. The second-order valence-corrected chi connectivity index (χ2v) is 5.47. The van der Waals surface area contributed by atoms with Gasteiger partial charge in [0.05, 0.1) is 6.04 Å². The van der Waals surface area contributed by atoms with Gasteiger partial charge in [-0.3, -0.25) is 4.79 Å². The number of hydrogen-bond acceptors (Lipinski definition) is 2. The molecule has 1 amide bonds. The molecule has 3 nitrogen and oxygen atoms in total. The fourth-order valence-corrected chi connectivity index (χ4v) is 2.71. The van der Waals surface area contributed by atoms with E-state index in [-0.39, 0.29) is 24.4 Å². The van der Waals surface area contributed by atoms with Crippen molar-refractivity contribution in [1.82, 2.24) is 4.90 Å². The van der Waals surface area contributed by atoms with Gasteiger partial charge in [0.15, 0.2) is 0 Å². The number of hydrogen-bond donors (Lipinski definition) is 1. The highest BCUT2D eigenvalue weighted by Gasteiger charge is 2.25. The summed E-state index contributed by atoms with van der Waals surface area (Å²) in [5.41, 5.74) is 7.21. The van der Waals surface area contributed by atoms with Crippen molar-refractivity contribution < 1.29 is 4.79 Å². The van der Waals surface area contributed by atoms with Crippen LogP contribution in [0.2, 0.25) is 0 Å². The molecular weight excluding hydrogens is 272 g/mol. The van der Waals surface area contributed by atoms with Gasteiger partial charge < -0.3 is 10.6 Å². The van der Waals surface area contributed by atoms with Crippen LogP contribution in [0.5, 0.6) is 0 Å². The Morgan fingerprint density at radius 1 is 1.30 bits per heavy atom. The number of carbonyl (C=O) groups is 1. The number of nitrogens with two attached hydrogens (primary N) is 1. The highest BCUT2D eigenvalue weighted by molar-refractivity contribution is 5.85. The zero-order valence-electron chi connectivity index (χ0n) is 12.1. The Hall–Kier alpha value is -1.06. The van der Waals surface area contributed by atoms with E-state index in [0.29, 0.717) is 5.92 Å². The quantitative estimate of drug-likeness (QED) is 0.928. The van der Waals surface area contributed by atoms with Gasteiger partial charge in [0, 0.05) is 13.1 Å². The molecule has 1 aromatic carbocycles. The average Bonchev–Trinajstić information content (AvgIpc) is 2.47. The molecule has 1 aliphatic heterocycles. The molecule has 1 fully saturated rings. The van der Waals surface area contributed by atoms with Crippen LogP contribution in [-0.2, 0) is 11.2 Å². The van der Waals surface area contributed by atoms with E-state index in [1.807, 2.05) is 11.8 Å². The van der Waals surface area contributed by atoms with Crippen LogP contribution in [0.3, 0.4) is 0 Å². The fourth-order valence-electron chi connectivity index (χ4n) is 2.71. The van der Waals surface area contributed by atoms with Gasteiger partial charge in [0.2, 0.25) is 5.91 Å². The molecule has 1 aromatic rings. The van der Waals surface area contributed by atoms with Gasteiger partial charge in [-0.15, -0.1) is 12.4 Å². The minimum Gasteiger partial charge on any atom is -0.341 e. The highest BCUT2D eigenvalue weighted by atomic mass is 35.5. The summed E-state index contributed by atoms with van der Waals surface area (Å²) in [7, 11) is 0. The first-order chi connectivity index (χ1) is 9.20. The van der Waals surface area contributed by atoms with Crippen molar-refractivity contribution in [3.8, 4) is 0 Å². The summed E-state index contributed by atoms with van der Waals surface area (Å²) in [6, 6.07) is 10.3. The van der Waals surface area contributed by atoms with Crippen molar-refractivity contribution in [2.45, 2.75) is 38.6 Å². The van der Waals surface area contributed by atoms with Crippen LogP contribution in [0.4, 0.5) is 0 Å². The molecule has 1 atom stereocenters. The minimum absolute atomic E-state index is 0. The van der Waals surface area contributed by atoms with E-state index in [1.54, 1.807) is 0 Å². The second kappa shape index (κ2) is 8.28. The van der Waals surface area contributed by atoms with Gasteiger partial charge in [-0.2, -0.15) is 0 Å². The molecular formula is C16H25ClN2O. The van der Waals surface area contributed by atoms with Crippen molar-refractivity contribution in [3.05, 3.63) is 35.9 Å². The molecule has 2 N–H and O–H groups in total. The topological polar surface area (TPSA) is 46.3 Å². The van der Waals surface area contributed by atoms with Crippen LogP contribution in [0.1, 0.15) is 31.7 Å². The van der Waals surface area contributed by atoms with Gasteiger partial charge in [0.1, 0.15) is 0 Å². The number of halogens is 1.